The van der Waals surface area contributed by atoms with Crippen LogP contribution in [-0.4, -0.2) is 10.7 Å². The standard InChI is InChI=1S/C29H46O/c1-22(2)12-9-13-23(3)14-10-15-24(4)16-11-18-29(8,30)19-17-28-21-26(6)25(5)20-27(28)7/h12,14,16,20-21,30H,9-11,13,15,17-19H2,1-8H3/b23-14+,24-16+/t29-/m0/s1. The van der Waals surface area contributed by atoms with Gasteiger partial charge in [-0.25, -0.2) is 0 Å². The Morgan fingerprint density at radius 2 is 1.30 bits per heavy atom. The van der Waals surface area contributed by atoms with Gasteiger partial charge in [-0.1, -0.05) is 47.1 Å². The summed E-state index contributed by atoms with van der Waals surface area (Å²) in [6, 6.07) is 4.56. The van der Waals surface area contributed by atoms with Gasteiger partial charge in [-0.05, 0) is 129 Å². The van der Waals surface area contributed by atoms with Crippen LogP contribution in [-0.2, 0) is 6.42 Å². The molecule has 0 heterocycles. The molecule has 0 unspecified atom stereocenters. The first-order chi connectivity index (χ1) is 14.0. The highest BCUT2D eigenvalue weighted by atomic mass is 16.3. The van der Waals surface area contributed by atoms with Gasteiger partial charge in [-0.15, -0.1) is 0 Å². The summed E-state index contributed by atoms with van der Waals surface area (Å²) in [6.45, 7) is 17.3. The van der Waals surface area contributed by atoms with Crippen LogP contribution in [0, 0.1) is 20.8 Å². The Hall–Kier alpha value is -1.60. The van der Waals surface area contributed by atoms with Gasteiger partial charge in [0, 0.05) is 0 Å². The van der Waals surface area contributed by atoms with E-state index in [1.807, 2.05) is 6.92 Å². The fourth-order valence-electron chi connectivity index (χ4n) is 3.79. The molecular formula is C29H46O. The summed E-state index contributed by atoms with van der Waals surface area (Å²) in [4.78, 5) is 0. The lowest BCUT2D eigenvalue weighted by Crippen LogP contribution is -2.24. The molecule has 0 aliphatic heterocycles. The number of aryl methyl sites for hydroxylation is 4. The van der Waals surface area contributed by atoms with Crippen LogP contribution < -0.4 is 0 Å². The SMILES string of the molecule is CC(C)=CCC/C(C)=C/CC/C(C)=C/CC[C@](C)(O)CCc1cc(C)c(C)cc1C. The van der Waals surface area contributed by atoms with Crippen LogP contribution in [0.2, 0.25) is 0 Å². The van der Waals surface area contributed by atoms with Crippen molar-refractivity contribution in [2.75, 3.05) is 0 Å². The molecule has 0 aromatic heterocycles. The average molecular weight is 411 g/mol. The van der Waals surface area contributed by atoms with E-state index in [1.165, 1.54) is 39.0 Å². The Kier molecular flexibility index (Phi) is 11.4. The van der Waals surface area contributed by atoms with Gasteiger partial charge < -0.3 is 5.11 Å². The lowest BCUT2D eigenvalue weighted by molar-refractivity contribution is 0.0432. The molecule has 0 fully saturated rings. The fraction of sp³-hybridized carbons (Fsp3) is 0.586. The Balaban J connectivity index is 2.40. The molecule has 30 heavy (non-hydrogen) atoms. The minimum atomic E-state index is -0.608. The van der Waals surface area contributed by atoms with Gasteiger partial charge in [0.1, 0.15) is 0 Å². The predicted octanol–water partition coefficient (Wildman–Crippen LogP) is 8.49. The van der Waals surface area contributed by atoms with Crippen LogP contribution in [0.5, 0.6) is 0 Å². The smallest absolute Gasteiger partial charge is 0.0625 e. The molecule has 0 aliphatic rings. The van der Waals surface area contributed by atoms with Gasteiger partial charge in [0.25, 0.3) is 0 Å². The van der Waals surface area contributed by atoms with Crippen molar-refractivity contribution in [2.24, 2.45) is 0 Å². The largest absolute Gasteiger partial charge is 0.390 e. The molecule has 1 aromatic carbocycles. The Morgan fingerprint density at radius 3 is 1.90 bits per heavy atom. The van der Waals surface area contributed by atoms with E-state index in [2.05, 4.69) is 78.8 Å². The molecule has 0 aliphatic carbocycles. The molecular weight excluding hydrogens is 364 g/mol. The number of hydrogen-bond acceptors (Lipinski definition) is 1. The van der Waals surface area contributed by atoms with E-state index < -0.39 is 5.60 Å². The van der Waals surface area contributed by atoms with Crippen molar-refractivity contribution in [1.29, 1.82) is 0 Å². The van der Waals surface area contributed by atoms with Crippen molar-refractivity contribution in [3.05, 3.63) is 69.3 Å². The van der Waals surface area contributed by atoms with E-state index in [0.29, 0.717) is 0 Å². The summed E-state index contributed by atoms with van der Waals surface area (Å²) in [5, 5.41) is 10.8. The molecule has 1 atom stereocenters. The number of allylic oxidation sites excluding steroid dienone is 6. The van der Waals surface area contributed by atoms with Gasteiger partial charge in [-0.2, -0.15) is 0 Å². The molecule has 0 saturated carbocycles. The first-order valence-corrected chi connectivity index (χ1v) is 11.7. The molecule has 0 spiro atoms. The molecule has 1 N–H and O–H groups in total. The topological polar surface area (TPSA) is 20.2 Å². The summed E-state index contributed by atoms with van der Waals surface area (Å²) >= 11 is 0. The van der Waals surface area contributed by atoms with Gasteiger partial charge in [0.2, 0.25) is 0 Å². The number of aliphatic hydroxyl groups is 1. The highest BCUT2D eigenvalue weighted by Gasteiger charge is 2.19. The van der Waals surface area contributed by atoms with E-state index in [9.17, 15) is 5.11 Å². The summed E-state index contributed by atoms with van der Waals surface area (Å²) in [6.07, 6.45) is 15.1. The van der Waals surface area contributed by atoms with Gasteiger partial charge in [0.05, 0.1) is 5.60 Å². The van der Waals surface area contributed by atoms with Crippen LogP contribution in [0.4, 0.5) is 0 Å². The van der Waals surface area contributed by atoms with Gasteiger partial charge in [0.15, 0.2) is 0 Å². The first kappa shape index (κ1) is 26.4. The quantitative estimate of drug-likeness (QED) is 0.342. The zero-order chi connectivity index (χ0) is 22.7. The lowest BCUT2D eigenvalue weighted by Gasteiger charge is -2.23. The molecule has 1 heteroatoms. The number of benzene rings is 1. The second-order valence-electron chi connectivity index (χ2n) is 9.86. The monoisotopic (exact) mass is 410 g/mol. The lowest BCUT2D eigenvalue weighted by atomic mass is 9.89. The summed E-state index contributed by atoms with van der Waals surface area (Å²) < 4.78 is 0. The van der Waals surface area contributed by atoms with Crippen molar-refractivity contribution >= 4 is 0 Å². The second kappa shape index (κ2) is 13.0. The van der Waals surface area contributed by atoms with E-state index in [-0.39, 0.29) is 0 Å². The van der Waals surface area contributed by atoms with Gasteiger partial charge in [-0.3, -0.25) is 0 Å². The molecule has 0 bridgehead atoms. The average Bonchev–Trinajstić information content (AvgIpc) is 2.63. The zero-order valence-electron chi connectivity index (χ0n) is 21.0. The highest BCUT2D eigenvalue weighted by molar-refractivity contribution is 5.36. The maximum Gasteiger partial charge on any atom is 0.0625 e. The summed E-state index contributed by atoms with van der Waals surface area (Å²) in [7, 11) is 0. The van der Waals surface area contributed by atoms with Crippen molar-refractivity contribution in [2.45, 2.75) is 112 Å². The maximum absolute atomic E-state index is 10.8. The van der Waals surface area contributed by atoms with E-state index in [0.717, 1.165) is 51.4 Å². The third-order valence-electron chi connectivity index (χ3n) is 6.18. The Bertz CT molecular complexity index is 755. The van der Waals surface area contributed by atoms with Crippen LogP contribution in [0.1, 0.15) is 102 Å². The van der Waals surface area contributed by atoms with Crippen LogP contribution in [0.15, 0.2) is 47.1 Å². The Labute approximate surface area is 187 Å². The molecule has 0 saturated heterocycles. The minimum absolute atomic E-state index is 0.608. The Morgan fingerprint density at radius 1 is 0.767 bits per heavy atom. The van der Waals surface area contributed by atoms with E-state index in [1.54, 1.807) is 0 Å². The van der Waals surface area contributed by atoms with Crippen LogP contribution in [0.3, 0.4) is 0 Å². The zero-order valence-corrected chi connectivity index (χ0v) is 21.0. The third kappa shape index (κ3) is 11.0. The number of rotatable bonds is 12. The molecule has 1 rings (SSSR count). The molecule has 0 amide bonds. The van der Waals surface area contributed by atoms with Crippen molar-refractivity contribution in [3.8, 4) is 0 Å². The van der Waals surface area contributed by atoms with E-state index >= 15 is 0 Å². The van der Waals surface area contributed by atoms with Gasteiger partial charge >= 0.3 is 0 Å². The number of hydrogen-bond donors (Lipinski definition) is 1. The normalized spacial score (nSPS) is 14.6. The van der Waals surface area contributed by atoms with E-state index in [4.69, 9.17) is 0 Å². The second-order valence-corrected chi connectivity index (χ2v) is 9.86. The highest BCUT2D eigenvalue weighted by Crippen LogP contribution is 2.24. The molecule has 0 radical (unpaired) electrons. The predicted molar refractivity (Wildman–Crippen MR) is 134 cm³/mol. The van der Waals surface area contributed by atoms with Crippen molar-refractivity contribution in [1.82, 2.24) is 0 Å². The maximum atomic E-state index is 10.8. The van der Waals surface area contributed by atoms with Crippen LogP contribution >= 0.6 is 0 Å². The molecule has 1 nitrogen and oxygen atoms in total. The minimum Gasteiger partial charge on any atom is -0.390 e. The molecule has 1 aromatic rings. The summed E-state index contributed by atoms with van der Waals surface area (Å²) in [5.41, 5.74) is 9.13. The van der Waals surface area contributed by atoms with Crippen molar-refractivity contribution < 1.29 is 5.11 Å². The summed E-state index contributed by atoms with van der Waals surface area (Å²) in [5.74, 6) is 0. The third-order valence-corrected chi connectivity index (χ3v) is 6.18. The fourth-order valence-corrected chi connectivity index (χ4v) is 3.79. The van der Waals surface area contributed by atoms with Crippen molar-refractivity contribution in [3.63, 3.8) is 0 Å². The van der Waals surface area contributed by atoms with Crippen LogP contribution in [0.25, 0.3) is 0 Å². The molecule has 168 valence electrons. The first-order valence-electron chi connectivity index (χ1n) is 11.7.